The lowest BCUT2D eigenvalue weighted by Gasteiger charge is -2.44. The summed E-state index contributed by atoms with van der Waals surface area (Å²) in [5.74, 6) is 0.673. The lowest BCUT2D eigenvalue weighted by atomic mass is 9.73. The van der Waals surface area contributed by atoms with Gasteiger partial charge < -0.3 is 9.80 Å². The molecule has 0 bridgehead atoms. The average Bonchev–Trinajstić information content (AvgIpc) is 3.31. The van der Waals surface area contributed by atoms with Crippen molar-refractivity contribution in [3.63, 3.8) is 0 Å². The SMILES string of the molecule is CN(C)C(=O)C1(Cc2ccccc2-c2cccs2)CCCN(C(=O)C2CC23CCC3)C1. The van der Waals surface area contributed by atoms with Crippen LogP contribution in [-0.4, -0.2) is 48.8 Å². The van der Waals surface area contributed by atoms with Crippen LogP contribution in [0, 0.1) is 16.7 Å². The highest BCUT2D eigenvalue weighted by molar-refractivity contribution is 7.13. The number of piperidine rings is 1. The number of nitrogens with zero attached hydrogens (tertiary/aromatic N) is 2. The van der Waals surface area contributed by atoms with Crippen LogP contribution in [-0.2, 0) is 16.0 Å². The molecular formula is C26H32N2O2S. The predicted molar refractivity (Wildman–Crippen MR) is 125 cm³/mol. The molecule has 1 aromatic carbocycles. The minimum absolute atomic E-state index is 0.153. The van der Waals surface area contributed by atoms with Crippen molar-refractivity contribution < 1.29 is 9.59 Å². The van der Waals surface area contributed by atoms with E-state index in [1.54, 1.807) is 16.2 Å². The minimum Gasteiger partial charge on any atom is -0.348 e. The molecule has 1 spiro atoms. The molecule has 3 fully saturated rings. The maximum Gasteiger partial charge on any atom is 0.230 e. The van der Waals surface area contributed by atoms with E-state index < -0.39 is 5.41 Å². The molecule has 1 saturated heterocycles. The zero-order valence-corrected chi connectivity index (χ0v) is 19.4. The van der Waals surface area contributed by atoms with Gasteiger partial charge in [0, 0.05) is 38.0 Å². The molecule has 5 heteroatoms. The molecule has 0 N–H and O–H groups in total. The van der Waals surface area contributed by atoms with Crippen LogP contribution in [0.4, 0.5) is 0 Å². The number of carbonyl (C=O) groups is 2. The summed E-state index contributed by atoms with van der Waals surface area (Å²) >= 11 is 1.73. The van der Waals surface area contributed by atoms with Crippen LogP contribution in [0.3, 0.4) is 0 Å². The van der Waals surface area contributed by atoms with Crippen LogP contribution < -0.4 is 0 Å². The van der Waals surface area contributed by atoms with Gasteiger partial charge in [-0.3, -0.25) is 9.59 Å². The molecule has 2 amide bonds. The van der Waals surface area contributed by atoms with Gasteiger partial charge in [-0.1, -0.05) is 36.8 Å². The van der Waals surface area contributed by atoms with Gasteiger partial charge in [-0.15, -0.1) is 11.3 Å². The Morgan fingerprint density at radius 1 is 1.10 bits per heavy atom. The number of hydrogen-bond donors (Lipinski definition) is 0. The first-order valence-electron chi connectivity index (χ1n) is 11.6. The quantitative estimate of drug-likeness (QED) is 0.673. The van der Waals surface area contributed by atoms with E-state index in [9.17, 15) is 9.59 Å². The number of benzene rings is 1. The normalized spacial score (nSPS) is 26.4. The number of hydrogen-bond acceptors (Lipinski definition) is 3. The Balaban J connectivity index is 1.44. The van der Waals surface area contributed by atoms with Crippen LogP contribution in [0.1, 0.15) is 44.1 Å². The van der Waals surface area contributed by atoms with Crippen LogP contribution in [0.15, 0.2) is 41.8 Å². The van der Waals surface area contributed by atoms with E-state index in [2.05, 4.69) is 41.8 Å². The van der Waals surface area contributed by atoms with Crippen molar-refractivity contribution in [3.8, 4) is 10.4 Å². The molecule has 2 aromatic rings. The standard InChI is InChI=1S/C26H32N2O2S/c1-27(2)24(30)26(16-19-8-3-4-9-20(19)22-10-5-15-31-22)13-7-14-28(18-26)23(29)21-17-25(21)11-6-12-25/h3-5,8-10,15,21H,6-7,11-14,16-18H2,1-2H3. The minimum atomic E-state index is -0.549. The third kappa shape index (κ3) is 3.61. The second-order valence-corrected chi connectivity index (χ2v) is 11.1. The molecule has 2 heterocycles. The Bertz CT molecular complexity index is 979. The Hall–Kier alpha value is -2.14. The molecule has 2 atom stereocenters. The average molecular weight is 437 g/mol. The van der Waals surface area contributed by atoms with Crippen molar-refractivity contribution in [2.75, 3.05) is 27.2 Å². The smallest absolute Gasteiger partial charge is 0.230 e. The van der Waals surface area contributed by atoms with E-state index in [0.717, 1.165) is 25.8 Å². The van der Waals surface area contributed by atoms with Gasteiger partial charge in [-0.2, -0.15) is 0 Å². The Labute approximate surface area is 189 Å². The molecular weight excluding hydrogens is 404 g/mol. The molecule has 1 aliphatic heterocycles. The maximum atomic E-state index is 13.6. The largest absolute Gasteiger partial charge is 0.348 e. The number of amides is 2. The lowest BCUT2D eigenvalue weighted by molar-refractivity contribution is -0.148. The van der Waals surface area contributed by atoms with Gasteiger partial charge in [0.1, 0.15) is 0 Å². The molecule has 1 aromatic heterocycles. The number of likely N-dealkylation sites (tertiary alicyclic amines) is 1. The highest BCUT2D eigenvalue weighted by Crippen LogP contribution is 2.66. The molecule has 5 rings (SSSR count). The predicted octanol–water partition coefficient (Wildman–Crippen LogP) is 4.84. The summed E-state index contributed by atoms with van der Waals surface area (Å²) < 4.78 is 0. The monoisotopic (exact) mass is 436 g/mol. The van der Waals surface area contributed by atoms with Gasteiger partial charge in [-0.05, 0) is 66.5 Å². The van der Waals surface area contributed by atoms with E-state index in [4.69, 9.17) is 0 Å². The fourth-order valence-corrected chi connectivity index (χ4v) is 6.79. The van der Waals surface area contributed by atoms with Crippen LogP contribution in [0.5, 0.6) is 0 Å². The van der Waals surface area contributed by atoms with Gasteiger partial charge in [0.25, 0.3) is 0 Å². The van der Waals surface area contributed by atoms with Crippen molar-refractivity contribution in [2.45, 2.75) is 44.9 Å². The number of thiophene rings is 1. The molecule has 31 heavy (non-hydrogen) atoms. The summed E-state index contributed by atoms with van der Waals surface area (Å²) in [7, 11) is 3.69. The number of carbonyl (C=O) groups excluding carboxylic acids is 2. The summed E-state index contributed by atoms with van der Waals surface area (Å²) in [4.78, 5) is 31.9. The molecule has 0 radical (unpaired) electrons. The topological polar surface area (TPSA) is 40.6 Å². The highest BCUT2D eigenvalue weighted by Gasteiger charge is 2.62. The van der Waals surface area contributed by atoms with Crippen LogP contribution >= 0.6 is 11.3 Å². The summed E-state index contributed by atoms with van der Waals surface area (Å²) in [6, 6.07) is 12.7. The first-order valence-corrected chi connectivity index (χ1v) is 12.4. The molecule has 4 nitrogen and oxygen atoms in total. The van der Waals surface area contributed by atoms with Gasteiger partial charge in [0.15, 0.2) is 0 Å². The Morgan fingerprint density at radius 2 is 1.90 bits per heavy atom. The van der Waals surface area contributed by atoms with Crippen molar-refractivity contribution in [3.05, 3.63) is 47.3 Å². The summed E-state index contributed by atoms with van der Waals surface area (Å²) in [6.07, 6.45) is 7.18. The molecule has 2 aliphatic carbocycles. The van der Waals surface area contributed by atoms with Crippen molar-refractivity contribution in [2.24, 2.45) is 16.7 Å². The van der Waals surface area contributed by atoms with E-state index >= 15 is 0 Å². The summed E-state index contributed by atoms with van der Waals surface area (Å²) in [5, 5.41) is 2.10. The highest BCUT2D eigenvalue weighted by atomic mass is 32.1. The lowest BCUT2D eigenvalue weighted by Crippen LogP contribution is -2.54. The van der Waals surface area contributed by atoms with Crippen molar-refractivity contribution in [1.82, 2.24) is 9.80 Å². The van der Waals surface area contributed by atoms with E-state index in [1.807, 2.05) is 19.0 Å². The second-order valence-electron chi connectivity index (χ2n) is 10.1. The molecule has 2 unspecified atom stereocenters. The first-order chi connectivity index (χ1) is 14.9. The number of rotatable bonds is 5. The third-order valence-electron chi connectivity index (χ3n) is 7.92. The summed E-state index contributed by atoms with van der Waals surface area (Å²) in [5.41, 5.74) is 2.19. The van der Waals surface area contributed by atoms with Gasteiger partial charge in [0.2, 0.25) is 11.8 Å². The second kappa shape index (κ2) is 7.77. The van der Waals surface area contributed by atoms with Gasteiger partial charge in [-0.25, -0.2) is 0 Å². The molecule has 3 aliphatic rings. The molecule has 2 saturated carbocycles. The van der Waals surface area contributed by atoms with E-state index in [1.165, 1.54) is 35.3 Å². The van der Waals surface area contributed by atoms with Crippen LogP contribution in [0.25, 0.3) is 10.4 Å². The fourth-order valence-electron chi connectivity index (χ4n) is 6.00. The van der Waals surface area contributed by atoms with Crippen molar-refractivity contribution in [1.29, 1.82) is 0 Å². The zero-order chi connectivity index (χ0) is 21.6. The molecule has 164 valence electrons. The Morgan fingerprint density at radius 3 is 2.55 bits per heavy atom. The van der Waals surface area contributed by atoms with Crippen LogP contribution in [0.2, 0.25) is 0 Å². The van der Waals surface area contributed by atoms with Gasteiger partial charge in [0.05, 0.1) is 5.41 Å². The fraction of sp³-hybridized carbons (Fsp3) is 0.538. The van der Waals surface area contributed by atoms with E-state index in [-0.39, 0.29) is 11.8 Å². The third-order valence-corrected chi connectivity index (χ3v) is 8.82. The maximum absolute atomic E-state index is 13.6. The first kappa shape index (κ1) is 20.7. The Kier molecular flexibility index (Phi) is 5.20. The van der Waals surface area contributed by atoms with Crippen molar-refractivity contribution >= 4 is 23.2 Å². The summed E-state index contributed by atoms with van der Waals surface area (Å²) in [6.45, 7) is 1.34. The zero-order valence-electron chi connectivity index (χ0n) is 18.6. The van der Waals surface area contributed by atoms with E-state index in [0.29, 0.717) is 24.3 Å². The van der Waals surface area contributed by atoms with Gasteiger partial charge >= 0.3 is 0 Å².